The van der Waals surface area contributed by atoms with Crippen molar-refractivity contribution in [1.29, 1.82) is 0 Å². The van der Waals surface area contributed by atoms with Crippen molar-refractivity contribution >= 4 is 35.2 Å². The highest BCUT2D eigenvalue weighted by Gasteiger charge is 2.19. The van der Waals surface area contributed by atoms with Gasteiger partial charge < -0.3 is 9.84 Å². The topological polar surface area (TPSA) is 81.1 Å². The highest BCUT2D eigenvalue weighted by molar-refractivity contribution is 7.71. The maximum Gasteiger partial charge on any atom is 0.290 e. The Bertz CT molecular complexity index is 1460. The molecule has 0 atom stereocenters. The van der Waals surface area contributed by atoms with Crippen LogP contribution in [0.5, 0.6) is 11.6 Å². The molecule has 4 aromatic rings. The summed E-state index contributed by atoms with van der Waals surface area (Å²) in [5.74, 6) is 0.261. The normalized spacial score (nSPS) is 11.1. The molecule has 0 aliphatic heterocycles. The summed E-state index contributed by atoms with van der Waals surface area (Å²) in [6.45, 7) is 4.37. The molecule has 1 aromatic heterocycles. The summed E-state index contributed by atoms with van der Waals surface area (Å²) in [5.41, 5.74) is 1.74. The Morgan fingerprint density at radius 2 is 1.50 bits per heavy atom. The lowest BCUT2D eigenvalue weighted by molar-refractivity contribution is 0.340. The Hall–Kier alpha value is -3.75. The Kier molecular flexibility index (Phi) is 6.90. The molecule has 0 saturated carbocycles. The third-order valence-electron chi connectivity index (χ3n) is 5.00. The summed E-state index contributed by atoms with van der Waals surface area (Å²) < 4.78 is 8.28. The molecule has 0 spiro atoms. The number of ether oxygens (including phenoxy) is 1. The zero-order valence-electron chi connectivity index (χ0n) is 18.5. The van der Waals surface area contributed by atoms with Crippen molar-refractivity contribution in [3.05, 3.63) is 98.5 Å². The summed E-state index contributed by atoms with van der Waals surface area (Å²) in [4.78, 5) is 13.5. The minimum Gasteiger partial charge on any atom is -0.494 e. The van der Waals surface area contributed by atoms with E-state index in [-0.39, 0.29) is 10.5 Å². The smallest absolute Gasteiger partial charge is 0.290 e. The van der Waals surface area contributed by atoms with Crippen molar-refractivity contribution in [2.45, 2.75) is 13.8 Å². The molecule has 0 aliphatic carbocycles. The molecule has 0 radical (unpaired) electrons. The van der Waals surface area contributed by atoms with E-state index in [0.717, 1.165) is 5.56 Å². The average Bonchev–Trinajstić information content (AvgIpc) is 2.82. The molecule has 34 heavy (non-hydrogen) atoms. The average molecular weight is 493 g/mol. The Labute approximate surface area is 206 Å². The second-order valence-corrected chi connectivity index (χ2v) is 8.17. The van der Waals surface area contributed by atoms with Crippen LogP contribution in [-0.2, 0) is 0 Å². The van der Waals surface area contributed by atoms with Crippen molar-refractivity contribution in [2.24, 2.45) is 10.2 Å². The first-order valence-electron chi connectivity index (χ1n) is 10.5. The van der Waals surface area contributed by atoms with E-state index in [9.17, 15) is 9.90 Å². The number of aromatic hydroxyl groups is 1. The molecule has 3 aromatic carbocycles. The zero-order valence-corrected chi connectivity index (χ0v) is 20.0. The molecule has 9 heteroatoms. The van der Waals surface area contributed by atoms with Crippen LogP contribution in [0.15, 0.2) is 87.8 Å². The number of halogens is 1. The first-order valence-corrected chi connectivity index (χ1v) is 11.3. The third-order valence-corrected chi connectivity index (χ3v) is 5.62. The summed E-state index contributed by atoms with van der Waals surface area (Å²) in [6, 6.07) is 20.9. The van der Waals surface area contributed by atoms with Gasteiger partial charge in [0.2, 0.25) is 11.6 Å². The molecule has 7 nitrogen and oxygen atoms in total. The van der Waals surface area contributed by atoms with E-state index in [1.807, 2.05) is 26.0 Å². The van der Waals surface area contributed by atoms with E-state index < -0.39 is 11.4 Å². The number of benzene rings is 3. The van der Waals surface area contributed by atoms with Crippen LogP contribution in [0.3, 0.4) is 0 Å². The Morgan fingerprint density at radius 3 is 2.12 bits per heavy atom. The van der Waals surface area contributed by atoms with E-state index in [1.165, 1.54) is 9.13 Å². The maximum atomic E-state index is 13.5. The molecule has 0 fully saturated rings. The highest BCUT2D eigenvalue weighted by Crippen LogP contribution is 2.29. The number of hydrogen-bond donors (Lipinski definition) is 1. The second-order valence-electron chi connectivity index (χ2n) is 7.37. The molecule has 4 rings (SSSR count). The molecule has 1 N–H and O–H groups in total. The predicted molar refractivity (Wildman–Crippen MR) is 135 cm³/mol. The van der Waals surface area contributed by atoms with E-state index in [0.29, 0.717) is 34.4 Å². The third kappa shape index (κ3) is 4.78. The van der Waals surface area contributed by atoms with Crippen LogP contribution in [0.1, 0.15) is 12.5 Å². The lowest BCUT2D eigenvalue weighted by atomic mass is 10.2. The number of hydrogen-bond acceptors (Lipinski definition) is 6. The molecule has 0 saturated heterocycles. The van der Waals surface area contributed by atoms with Crippen molar-refractivity contribution < 1.29 is 9.84 Å². The van der Waals surface area contributed by atoms with Gasteiger partial charge in [0, 0.05) is 5.02 Å². The van der Waals surface area contributed by atoms with E-state index in [2.05, 4.69) is 10.2 Å². The summed E-state index contributed by atoms with van der Waals surface area (Å²) in [5, 5.41) is 19.8. The van der Waals surface area contributed by atoms with Crippen LogP contribution in [0.2, 0.25) is 5.02 Å². The zero-order chi connectivity index (χ0) is 24.2. The monoisotopic (exact) mass is 492 g/mol. The van der Waals surface area contributed by atoms with Gasteiger partial charge in [0.05, 0.1) is 23.7 Å². The van der Waals surface area contributed by atoms with Gasteiger partial charge in [-0.15, -0.1) is 5.11 Å². The van der Waals surface area contributed by atoms with Crippen LogP contribution in [0.4, 0.5) is 11.4 Å². The van der Waals surface area contributed by atoms with Gasteiger partial charge >= 0.3 is 0 Å². The largest absolute Gasteiger partial charge is 0.494 e. The molecule has 0 aliphatic rings. The van der Waals surface area contributed by atoms with Crippen LogP contribution >= 0.6 is 23.8 Å². The van der Waals surface area contributed by atoms with Gasteiger partial charge in [0.15, 0.2) is 4.77 Å². The number of aryl methyl sites for hydroxylation is 1. The van der Waals surface area contributed by atoms with Gasteiger partial charge in [-0.05, 0) is 86.7 Å². The first kappa shape index (κ1) is 23.4. The van der Waals surface area contributed by atoms with Crippen molar-refractivity contribution in [3.8, 4) is 23.0 Å². The highest BCUT2D eigenvalue weighted by atomic mass is 35.5. The number of nitrogens with zero attached hydrogens (tertiary/aromatic N) is 4. The predicted octanol–water partition coefficient (Wildman–Crippen LogP) is 6.84. The van der Waals surface area contributed by atoms with Crippen LogP contribution in [0, 0.1) is 11.7 Å². The standard InChI is InChI=1S/C25H21ClN4O3S/c1-3-33-21-14-12-20(13-15-21)30-24(32)22(28-27-18-8-6-17(26)7-9-18)23(31)29(25(30)34)19-10-4-16(2)5-11-19/h4-15,31H,3H2,1-2H3. The molecule has 0 unspecified atom stereocenters. The lowest BCUT2D eigenvalue weighted by Crippen LogP contribution is -2.23. The van der Waals surface area contributed by atoms with Gasteiger partial charge in [0.25, 0.3) is 5.56 Å². The van der Waals surface area contributed by atoms with Crippen LogP contribution < -0.4 is 10.3 Å². The molecular weight excluding hydrogens is 472 g/mol. The van der Waals surface area contributed by atoms with Crippen LogP contribution in [0.25, 0.3) is 11.4 Å². The summed E-state index contributed by atoms with van der Waals surface area (Å²) in [6.07, 6.45) is 0. The molecule has 1 heterocycles. The van der Waals surface area contributed by atoms with Gasteiger partial charge in [-0.2, -0.15) is 5.11 Å². The lowest BCUT2D eigenvalue weighted by Gasteiger charge is -2.16. The summed E-state index contributed by atoms with van der Waals surface area (Å²) >= 11 is 11.6. The van der Waals surface area contributed by atoms with E-state index >= 15 is 0 Å². The van der Waals surface area contributed by atoms with Gasteiger partial charge in [0.1, 0.15) is 5.75 Å². The van der Waals surface area contributed by atoms with E-state index in [1.54, 1.807) is 60.7 Å². The van der Waals surface area contributed by atoms with Gasteiger partial charge in [-0.3, -0.25) is 13.9 Å². The molecular formula is C25H21ClN4O3S. The minimum atomic E-state index is -0.604. The minimum absolute atomic E-state index is 0.0842. The maximum absolute atomic E-state index is 13.5. The fraction of sp³-hybridized carbons (Fsp3) is 0.120. The van der Waals surface area contributed by atoms with Crippen LogP contribution in [-0.4, -0.2) is 20.8 Å². The molecule has 172 valence electrons. The first-order chi connectivity index (χ1) is 16.4. The summed E-state index contributed by atoms with van der Waals surface area (Å²) in [7, 11) is 0. The Balaban J connectivity index is 1.94. The van der Waals surface area contributed by atoms with E-state index in [4.69, 9.17) is 28.6 Å². The van der Waals surface area contributed by atoms with Gasteiger partial charge in [-0.1, -0.05) is 29.3 Å². The van der Waals surface area contributed by atoms with Crippen molar-refractivity contribution in [3.63, 3.8) is 0 Å². The van der Waals surface area contributed by atoms with Crippen molar-refractivity contribution in [1.82, 2.24) is 9.13 Å². The fourth-order valence-corrected chi connectivity index (χ4v) is 3.81. The molecule has 0 bridgehead atoms. The number of azo groups is 1. The fourth-order valence-electron chi connectivity index (χ4n) is 3.30. The van der Waals surface area contributed by atoms with Crippen molar-refractivity contribution in [2.75, 3.05) is 6.61 Å². The number of rotatable bonds is 6. The second kappa shape index (κ2) is 10.0. The molecule has 0 amide bonds. The number of aromatic nitrogens is 2. The SMILES string of the molecule is CCOc1ccc(-n2c(=O)c(N=Nc3ccc(Cl)cc3)c(O)n(-c3ccc(C)cc3)c2=S)cc1. The Morgan fingerprint density at radius 1 is 0.912 bits per heavy atom. The quantitative estimate of drug-likeness (QED) is 0.236. The van der Waals surface area contributed by atoms with Gasteiger partial charge in [-0.25, -0.2) is 0 Å².